The van der Waals surface area contributed by atoms with Gasteiger partial charge in [-0.05, 0) is 18.2 Å². The molecule has 21 heavy (non-hydrogen) atoms. The van der Waals surface area contributed by atoms with E-state index in [0.29, 0.717) is 0 Å². The van der Waals surface area contributed by atoms with Crippen LogP contribution in [0, 0.1) is 0 Å². The highest BCUT2D eigenvalue weighted by Crippen LogP contribution is 2.20. The summed E-state index contributed by atoms with van der Waals surface area (Å²) in [4.78, 5) is 23.2. The molecular weight excluding hydrogens is 316 g/mol. The molecule has 0 unspecified atom stereocenters. The first-order chi connectivity index (χ1) is 9.80. The van der Waals surface area contributed by atoms with Crippen LogP contribution in [0.2, 0.25) is 0 Å². The van der Waals surface area contributed by atoms with Crippen molar-refractivity contribution in [3.63, 3.8) is 0 Å². The van der Waals surface area contributed by atoms with Crippen LogP contribution in [0.1, 0.15) is 26.3 Å². The van der Waals surface area contributed by atoms with Crippen molar-refractivity contribution in [1.29, 1.82) is 0 Å². The van der Waals surface area contributed by atoms with Gasteiger partial charge < -0.3 is 5.11 Å². The van der Waals surface area contributed by atoms with Gasteiger partial charge in [0, 0.05) is 21.8 Å². The Bertz CT molecular complexity index is 827. The largest absolute Gasteiger partial charge is 0.478 e. The van der Waals surface area contributed by atoms with Gasteiger partial charge in [-0.25, -0.2) is 13.2 Å². The van der Waals surface area contributed by atoms with E-state index >= 15 is 0 Å². The van der Waals surface area contributed by atoms with Gasteiger partial charge in [0.2, 0.25) is 0 Å². The molecule has 0 bridgehead atoms. The fourth-order valence-corrected chi connectivity index (χ4v) is 2.61. The molecule has 0 amide bonds. The molecule has 2 aromatic carbocycles. The van der Waals surface area contributed by atoms with Gasteiger partial charge in [0.1, 0.15) is 0 Å². The van der Waals surface area contributed by atoms with Crippen molar-refractivity contribution in [3.05, 3.63) is 65.2 Å². The molecule has 0 saturated carbocycles. The summed E-state index contributed by atoms with van der Waals surface area (Å²) in [7, 11) is 1.27. The van der Waals surface area contributed by atoms with Gasteiger partial charge in [0.25, 0.3) is 9.05 Å². The summed E-state index contributed by atoms with van der Waals surface area (Å²) in [5.74, 6) is -1.82. The molecule has 0 radical (unpaired) electrons. The van der Waals surface area contributed by atoms with Crippen molar-refractivity contribution in [1.82, 2.24) is 0 Å². The SMILES string of the molecule is O=C(O)c1ccccc1C(=O)c1cccc(S(=O)(=O)Cl)c1. The zero-order chi connectivity index (χ0) is 15.6. The first-order valence-electron chi connectivity index (χ1n) is 5.72. The van der Waals surface area contributed by atoms with E-state index in [1.807, 2.05) is 0 Å². The number of hydrogen-bond donors (Lipinski definition) is 1. The minimum atomic E-state index is -3.96. The Hall–Kier alpha value is -2.18. The Kier molecular flexibility index (Phi) is 4.11. The molecule has 108 valence electrons. The maximum Gasteiger partial charge on any atom is 0.336 e. The lowest BCUT2D eigenvalue weighted by molar-refractivity contribution is 0.0693. The molecule has 0 aromatic heterocycles. The number of aromatic carboxylic acids is 1. The highest BCUT2D eigenvalue weighted by atomic mass is 35.7. The average molecular weight is 325 g/mol. The van der Waals surface area contributed by atoms with Crippen molar-refractivity contribution in [2.45, 2.75) is 4.90 Å². The van der Waals surface area contributed by atoms with E-state index in [2.05, 4.69) is 0 Å². The van der Waals surface area contributed by atoms with Crippen molar-refractivity contribution >= 4 is 31.5 Å². The van der Waals surface area contributed by atoms with Crippen molar-refractivity contribution in [3.8, 4) is 0 Å². The number of carbonyl (C=O) groups is 2. The molecule has 0 fully saturated rings. The monoisotopic (exact) mass is 324 g/mol. The van der Waals surface area contributed by atoms with E-state index in [0.717, 1.165) is 6.07 Å². The van der Waals surface area contributed by atoms with Crippen LogP contribution in [0.15, 0.2) is 53.4 Å². The third-order valence-electron chi connectivity index (χ3n) is 2.78. The molecule has 0 aliphatic carbocycles. The van der Waals surface area contributed by atoms with Crippen molar-refractivity contribution in [2.24, 2.45) is 0 Å². The minimum Gasteiger partial charge on any atom is -0.478 e. The minimum absolute atomic E-state index is 0.0193. The molecule has 0 atom stereocenters. The van der Waals surface area contributed by atoms with Gasteiger partial charge in [-0.3, -0.25) is 4.79 Å². The van der Waals surface area contributed by atoms with Gasteiger partial charge in [-0.2, -0.15) is 0 Å². The molecule has 0 aliphatic heterocycles. The van der Waals surface area contributed by atoms with E-state index < -0.39 is 20.8 Å². The van der Waals surface area contributed by atoms with Crippen LogP contribution >= 0.6 is 10.7 Å². The fraction of sp³-hybridized carbons (Fsp3) is 0. The molecule has 2 rings (SSSR count). The van der Waals surface area contributed by atoms with Gasteiger partial charge in [0.15, 0.2) is 5.78 Å². The van der Waals surface area contributed by atoms with Gasteiger partial charge >= 0.3 is 5.97 Å². The second kappa shape index (κ2) is 5.67. The molecule has 5 nitrogen and oxygen atoms in total. The van der Waals surface area contributed by atoms with Gasteiger partial charge in [0.05, 0.1) is 10.5 Å². The predicted molar refractivity (Wildman–Crippen MR) is 76.3 cm³/mol. The summed E-state index contributed by atoms with van der Waals surface area (Å²) in [6.07, 6.45) is 0. The van der Waals surface area contributed by atoms with E-state index in [4.69, 9.17) is 15.8 Å². The maximum absolute atomic E-state index is 12.3. The first-order valence-corrected chi connectivity index (χ1v) is 8.03. The van der Waals surface area contributed by atoms with Crippen LogP contribution in [0.4, 0.5) is 0 Å². The lowest BCUT2D eigenvalue weighted by Crippen LogP contribution is -2.10. The second-order valence-electron chi connectivity index (χ2n) is 4.15. The van der Waals surface area contributed by atoms with Crippen LogP contribution in [0.3, 0.4) is 0 Å². The molecule has 0 spiro atoms. The Morgan fingerprint density at radius 1 is 0.952 bits per heavy atom. The topological polar surface area (TPSA) is 88.5 Å². The van der Waals surface area contributed by atoms with E-state index in [-0.39, 0.29) is 21.6 Å². The highest BCUT2D eigenvalue weighted by molar-refractivity contribution is 8.13. The zero-order valence-electron chi connectivity index (χ0n) is 10.5. The number of carboxylic acids is 1. The van der Waals surface area contributed by atoms with Crippen LogP contribution in [-0.4, -0.2) is 25.3 Å². The first kappa shape index (κ1) is 15.2. The summed E-state index contributed by atoms with van der Waals surface area (Å²) in [6, 6.07) is 10.8. The van der Waals surface area contributed by atoms with Gasteiger partial charge in [-0.15, -0.1) is 0 Å². The quantitative estimate of drug-likeness (QED) is 0.689. The fourth-order valence-electron chi connectivity index (χ4n) is 1.81. The van der Waals surface area contributed by atoms with Crippen LogP contribution in [-0.2, 0) is 9.05 Å². The molecular formula is C14H9ClO5S. The molecule has 1 N–H and O–H groups in total. The normalized spacial score (nSPS) is 11.1. The van der Waals surface area contributed by atoms with Crippen LogP contribution in [0.25, 0.3) is 0 Å². The van der Waals surface area contributed by atoms with Crippen LogP contribution < -0.4 is 0 Å². The summed E-state index contributed by atoms with van der Waals surface area (Å²) in [6.45, 7) is 0. The number of benzene rings is 2. The third kappa shape index (κ3) is 3.29. The number of hydrogen-bond acceptors (Lipinski definition) is 4. The zero-order valence-corrected chi connectivity index (χ0v) is 12.1. The number of carboxylic acid groups (broad SMARTS) is 1. The number of ketones is 1. The Morgan fingerprint density at radius 3 is 2.14 bits per heavy atom. The average Bonchev–Trinajstić information content (AvgIpc) is 2.45. The number of halogens is 1. The standard InChI is InChI=1S/C14H9ClO5S/c15-21(19,20)10-5-3-4-9(8-10)13(16)11-6-1-2-7-12(11)14(17)18/h1-8H,(H,17,18). The summed E-state index contributed by atoms with van der Waals surface area (Å²) in [5, 5.41) is 9.08. The summed E-state index contributed by atoms with van der Waals surface area (Å²) < 4.78 is 22.6. The maximum atomic E-state index is 12.3. The van der Waals surface area contributed by atoms with Crippen molar-refractivity contribution in [2.75, 3.05) is 0 Å². The molecule has 0 aliphatic rings. The molecule has 7 heteroatoms. The lowest BCUT2D eigenvalue weighted by atomic mass is 9.98. The van der Waals surface area contributed by atoms with E-state index in [9.17, 15) is 18.0 Å². The van der Waals surface area contributed by atoms with E-state index in [1.165, 1.54) is 42.5 Å². The second-order valence-corrected chi connectivity index (χ2v) is 6.71. The molecule has 0 saturated heterocycles. The lowest BCUT2D eigenvalue weighted by Gasteiger charge is -2.06. The Morgan fingerprint density at radius 2 is 1.57 bits per heavy atom. The highest BCUT2D eigenvalue weighted by Gasteiger charge is 2.19. The number of rotatable bonds is 4. The Labute approximate surface area is 125 Å². The smallest absolute Gasteiger partial charge is 0.336 e. The van der Waals surface area contributed by atoms with E-state index in [1.54, 1.807) is 0 Å². The third-order valence-corrected chi connectivity index (χ3v) is 4.13. The summed E-state index contributed by atoms with van der Waals surface area (Å²) >= 11 is 0. The molecule has 2 aromatic rings. The van der Waals surface area contributed by atoms with Crippen LogP contribution in [0.5, 0.6) is 0 Å². The van der Waals surface area contributed by atoms with Crippen molar-refractivity contribution < 1.29 is 23.1 Å². The number of carbonyl (C=O) groups excluding carboxylic acids is 1. The molecule has 0 heterocycles. The Balaban J connectivity index is 2.54. The summed E-state index contributed by atoms with van der Waals surface area (Å²) in [5.41, 5.74) is -0.124. The predicted octanol–water partition coefficient (Wildman–Crippen LogP) is 2.54. The van der Waals surface area contributed by atoms with Gasteiger partial charge in [-0.1, -0.05) is 30.3 Å².